The number of hydrogen-bond acceptors (Lipinski definition) is 22. The van der Waals surface area contributed by atoms with Gasteiger partial charge in [0, 0.05) is 23.8 Å². The summed E-state index contributed by atoms with van der Waals surface area (Å²) in [7, 11) is 0. The monoisotopic (exact) mass is 902 g/mol. The number of aromatic hydroxyl groups is 3. The molecule has 1 aromatic heterocycles. The largest absolute Gasteiger partial charge is 0.508 e. The number of rotatable bonds is 12. The maximum atomic E-state index is 14.4. The lowest BCUT2D eigenvalue weighted by molar-refractivity contribution is -0.354. The molecule has 22 nitrogen and oxygen atoms in total. The van der Waals surface area contributed by atoms with Gasteiger partial charge in [0.1, 0.15) is 102 Å². The second kappa shape index (κ2) is 19.3. The van der Waals surface area contributed by atoms with Gasteiger partial charge in [0.15, 0.2) is 18.2 Å². The van der Waals surface area contributed by atoms with E-state index in [1.807, 2.05) is 0 Å². The maximum absolute atomic E-state index is 14.4. The van der Waals surface area contributed by atoms with Crippen LogP contribution in [-0.2, 0) is 28.5 Å². The summed E-state index contributed by atoms with van der Waals surface area (Å²) in [5, 5.41) is 125. The average Bonchev–Trinajstić information content (AvgIpc) is 3.27. The maximum Gasteiger partial charge on any atom is 0.330 e. The Kier molecular flexibility index (Phi) is 14.1. The number of phenolic OH excluding ortho intramolecular Hbond substituents is 3. The lowest BCUT2D eigenvalue weighted by Gasteiger charge is -2.45. The molecule has 7 rings (SSSR count). The van der Waals surface area contributed by atoms with Gasteiger partial charge in [0.2, 0.25) is 23.8 Å². The summed E-state index contributed by atoms with van der Waals surface area (Å²) in [6, 6.07) is 13.0. The molecule has 3 saturated heterocycles. The van der Waals surface area contributed by atoms with Gasteiger partial charge in [-0.2, -0.15) is 0 Å². The summed E-state index contributed by atoms with van der Waals surface area (Å²) >= 11 is 0. The molecule has 346 valence electrons. The molecule has 3 aromatic carbocycles. The lowest BCUT2D eigenvalue weighted by Crippen LogP contribution is -2.64. The van der Waals surface area contributed by atoms with Crippen molar-refractivity contribution in [3.63, 3.8) is 0 Å². The molecular formula is C42H46O22. The first-order valence-corrected chi connectivity index (χ1v) is 19.7. The zero-order valence-electron chi connectivity index (χ0n) is 33.5. The molecule has 12 N–H and O–H groups in total. The van der Waals surface area contributed by atoms with Crippen LogP contribution in [-0.4, -0.2) is 173 Å². The predicted octanol–water partition coefficient (Wildman–Crippen LogP) is -1.95. The predicted molar refractivity (Wildman–Crippen MR) is 212 cm³/mol. The third kappa shape index (κ3) is 9.64. The Morgan fingerprint density at radius 3 is 1.97 bits per heavy atom. The second-order valence-electron chi connectivity index (χ2n) is 15.2. The van der Waals surface area contributed by atoms with Crippen LogP contribution in [0, 0.1) is 0 Å². The van der Waals surface area contributed by atoms with Crippen molar-refractivity contribution in [2.45, 2.75) is 99.0 Å². The van der Waals surface area contributed by atoms with E-state index in [4.69, 9.17) is 37.6 Å². The molecule has 3 fully saturated rings. The number of ether oxygens (including phenoxy) is 7. The van der Waals surface area contributed by atoms with Crippen LogP contribution in [0.4, 0.5) is 0 Å². The van der Waals surface area contributed by atoms with Crippen LogP contribution in [0.3, 0.4) is 0 Å². The lowest BCUT2D eigenvalue weighted by atomic mass is 9.97. The number of esters is 1. The van der Waals surface area contributed by atoms with Gasteiger partial charge in [-0.05, 0) is 55.0 Å². The van der Waals surface area contributed by atoms with Crippen LogP contribution in [0.5, 0.6) is 28.7 Å². The van der Waals surface area contributed by atoms with Gasteiger partial charge < -0.3 is 98.9 Å². The van der Waals surface area contributed by atoms with Crippen molar-refractivity contribution in [1.82, 2.24) is 0 Å². The van der Waals surface area contributed by atoms with Crippen molar-refractivity contribution >= 4 is 23.0 Å². The van der Waals surface area contributed by atoms with Crippen LogP contribution in [0.15, 0.2) is 76.0 Å². The van der Waals surface area contributed by atoms with Crippen LogP contribution < -0.4 is 14.9 Å². The molecule has 0 saturated carbocycles. The van der Waals surface area contributed by atoms with Gasteiger partial charge in [0.25, 0.3) is 0 Å². The highest BCUT2D eigenvalue weighted by Gasteiger charge is 2.51. The first-order valence-electron chi connectivity index (χ1n) is 19.7. The summed E-state index contributed by atoms with van der Waals surface area (Å²) in [6.45, 7) is -0.140. The van der Waals surface area contributed by atoms with Crippen molar-refractivity contribution in [2.24, 2.45) is 0 Å². The van der Waals surface area contributed by atoms with E-state index in [0.29, 0.717) is 5.56 Å². The molecule has 3 aliphatic rings. The molecule has 4 aromatic rings. The van der Waals surface area contributed by atoms with Crippen molar-refractivity contribution in [3.8, 4) is 40.1 Å². The molecular weight excluding hydrogens is 856 g/mol. The SMILES string of the molecule is C[C@@H]1O[C@@H](O[C@H]2[C@H](Oc3c(-c4ccc(O)cc4)oc4cc(O[C@@H]5O[C@H](COC(=O)/C=C\c6ccc(O)cc6)[C@@H](O)[C@H](O)[C@H]5O)cc(O)c4c3=O)O[C@H](CO)[C@@H](O)[C@@H]2O)[C@H](O)[C@@H](O)[C@H]1O. The minimum atomic E-state index is -1.97. The summed E-state index contributed by atoms with van der Waals surface area (Å²) in [4.78, 5) is 26.8. The van der Waals surface area contributed by atoms with Crippen molar-refractivity contribution in [2.75, 3.05) is 13.2 Å². The molecule has 0 radical (unpaired) electrons. The Labute approximate surface area is 361 Å². The third-order valence-corrected chi connectivity index (χ3v) is 10.8. The molecule has 22 heteroatoms. The highest BCUT2D eigenvalue weighted by atomic mass is 16.8. The van der Waals surface area contributed by atoms with E-state index in [0.717, 1.165) is 18.2 Å². The Morgan fingerprint density at radius 1 is 0.688 bits per heavy atom. The summed E-state index contributed by atoms with van der Waals surface area (Å²) in [6.07, 6.45) is -23.6. The van der Waals surface area contributed by atoms with E-state index >= 15 is 0 Å². The number of phenols is 3. The fourth-order valence-electron chi connectivity index (χ4n) is 7.18. The first-order chi connectivity index (χ1) is 30.4. The number of aliphatic hydroxyl groups excluding tert-OH is 9. The number of benzene rings is 3. The average molecular weight is 903 g/mol. The van der Waals surface area contributed by atoms with Gasteiger partial charge in [-0.25, -0.2) is 4.79 Å². The Balaban J connectivity index is 1.18. The van der Waals surface area contributed by atoms with Crippen molar-refractivity contribution in [3.05, 3.63) is 82.5 Å². The quantitative estimate of drug-likeness (QED) is 0.0543. The normalized spacial score (nSPS) is 33.2. The number of carbonyl (C=O) groups excluding carboxylic acids is 1. The molecule has 3 aliphatic heterocycles. The topological polar surface area (TPSA) is 355 Å². The number of fused-ring (bicyclic) bond motifs is 1. The van der Waals surface area contributed by atoms with Crippen LogP contribution in [0.2, 0.25) is 0 Å². The van der Waals surface area contributed by atoms with E-state index in [9.17, 15) is 70.9 Å². The van der Waals surface area contributed by atoms with Crippen molar-refractivity contribution < 1.29 is 104 Å². The standard InChI is InChI=1S/C42H46O22/c1-16-28(48)32(52)35(55)40(58-16)64-39-34(54)29(49)24(14-43)61-42(39)63-38-31(51)27-22(46)12-21(13-23(27)60-37(38)18-5-9-20(45)10-6-18)59-41-36(56)33(53)30(50)25(62-41)15-57-26(47)11-4-17-2-7-19(44)8-3-17/h2-13,16,24-25,28-30,32-36,39-46,48-50,52-56H,14-15H2,1H3/b11-4-/t16-,24+,25+,28-,29+,30+,32-,33-,34-,35+,36+,39+,40-,41+,42-/m0/s1. The van der Waals surface area contributed by atoms with Gasteiger partial charge >= 0.3 is 5.97 Å². The summed E-state index contributed by atoms with van der Waals surface area (Å²) in [5.41, 5.74) is -0.843. The molecule has 0 amide bonds. The molecule has 4 heterocycles. The van der Waals surface area contributed by atoms with Crippen molar-refractivity contribution in [1.29, 1.82) is 0 Å². The van der Waals surface area contributed by atoms with Gasteiger partial charge in [-0.15, -0.1) is 0 Å². The number of carbonyl (C=O) groups is 1. The molecule has 15 atom stereocenters. The Hall–Kier alpha value is -5.44. The minimum absolute atomic E-state index is 0.0201. The fourth-order valence-corrected chi connectivity index (χ4v) is 7.18. The number of aliphatic hydroxyl groups is 9. The van der Waals surface area contributed by atoms with E-state index in [-0.39, 0.29) is 28.4 Å². The molecule has 0 unspecified atom stereocenters. The van der Waals surface area contributed by atoms with E-state index in [2.05, 4.69) is 0 Å². The zero-order chi connectivity index (χ0) is 46.1. The number of hydrogen-bond donors (Lipinski definition) is 12. The Bertz CT molecular complexity index is 2340. The van der Waals surface area contributed by atoms with E-state index in [1.54, 1.807) is 0 Å². The highest BCUT2D eigenvalue weighted by molar-refractivity contribution is 5.88. The molecule has 0 bridgehead atoms. The molecule has 0 aliphatic carbocycles. The summed E-state index contributed by atoms with van der Waals surface area (Å²) in [5.74, 6) is -3.27. The van der Waals surface area contributed by atoms with E-state index < -0.39 is 139 Å². The van der Waals surface area contributed by atoms with Gasteiger partial charge in [-0.1, -0.05) is 12.1 Å². The van der Waals surface area contributed by atoms with Crippen LogP contribution in [0.1, 0.15) is 12.5 Å². The van der Waals surface area contributed by atoms with Gasteiger partial charge in [0.05, 0.1) is 12.7 Å². The third-order valence-electron chi connectivity index (χ3n) is 10.8. The first kappa shape index (κ1) is 46.5. The minimum Gasteiger partial charge on any atom is -0.508 e. The fraction of sp³-hybridized carbons (Fsp3) is 0.429. The van der Waals surface area contributed by atoms with Crippen LogP contribution >= 0.6 is 0 Å². The second-order valence-corrected chi connectivity index (χ2v) is 15.2. The molecule has 64 heavy (non-hydrogen) atoms. The van der Waals surface area contributed by atoms with Crippen LogP contribution in [0.25, 0.3) is 28.4 Å². The highest BCUT2D eigenvalue weighted by Crippen LogP contribution is 2.39. The zero-order valence-corrected chi connectivity index (χ0v) is 33.5. The smallest absolute Gasteiger partial charge is 0.330 e. The van der Waals surface area contributed by atoms with Gasteiger partial charge in [-0.3, -0.25) is 4.79 Å². The Morgan fingerprint density at radius 2 is 1.30 bits per heavy atom. The molecule has 0 spiro atoms. The summed E-state index contributed by atoms with van der Waals surface area (Å²) < 4.78 is 45.7. The van der Waals surface area contributed by atoms with E-state index in [1.165, 1.54) is 61.5 Å².